The molecule has 1 amide bonds. The van der Waals surface area contributed by atoms with Gasteiger partial charge in [0.25, 0.3) is 0 Å². The van der Waals surface area contributed by atoms with Gasteiger partial charge in [-0.2, -0.15) is 5.10 Å². The average Bonchev–Trinajstić information content (AvgIpc) is 3.79. The zero-order valence-electron chi connectivity index (χ0n) is 24.7. The van der Waals surface area contributed by atoms with Crippen molar-refractivity contribution in [2.45, 2.75) is 27.1 Å². The number of hydrogen-bond acceptors (Lipinski definition) is 9. The molecule has 0 fully saturated rings. The molecular weight excluding hydrogens is 660 g/mol. The van der Waals surface area contributed by atoms with Crippen molar-refractivity contribution in [1.82, 2.24) is 9.99 Å². The smallest absolute Gasteiger partial charge is 0.312 e. The number of rotatable bonds is 11. The molecule has 13 heteroatoms. The summed E-state index contributed by atoms with van der Waals surface area (Å²) in [5.74, 6) is 1.65. The first-order chi connectivity index (χ1) is 22.2. The van der Waals surface area contributed by atoms with Crippen LogP contribution in [0.25, 0.3) is 5.69 Å². The minimum atomic E-state index is -0.614. The summed E-state index contributed by atoms with van der Waals surface area (Å²) in [5.41, 5.74) is 6.41. The number of nitro benzene ring substituents is 1. The maximum Gasteiger partial charge on any atom is 0.312 e. The van der Waals surface area contributed by atoms with Crippen molar-refractivity contribution in [3.63, 3.8) is 0 Å². The predicted molar refractivity (Wildman–Crippen MR) is 171 cm³/mol. The molecule has 1 N–H and O–H groups in total. The molecule has 6 rings (SSSR count). The fraction of sp³-hybridized carbons (Fsp3) is 0.152. The Morgan fingerprint density at radius 2 is 1.74 bits per heavy atom. The number of aryl methyl sites for hydroxylation is 2. The first kappa shape index (κ1) is 30.5. The summed E-state index contributed by atoms with van der Waals surface area (Å²) < 4.78 is 30.7. The summed E-state index contributed by atoms with van der Waals surface area (Å²) in [4.78, 5) is 24.0. The van der Waals surface area contributed by atoms with Crippen LogP contribution in [-0.4, -0.2) is 28.4 Å². The lowest BCUT2D eigenvalue weighted by molar-refractivity contribution is -0.386. The minimum Gasteiger partial charge on any atom is -0.486 e. The van der Waals surface area contributed by atoms with Gasteiger partial charge in [-0.15, -0.1) is 0 Å². The first-order valence-corrected chi connectivity index (χ1v) is 14.8. The van der Waals surface area contributed by atoms with E-state index < -0.39 is 10.8 Å². The molecule has 3 heterocycles. The molecule has 1 aliphatic rings. The van der Waals surface area contributed by atoms with Gasteiger partial charge in [-0.05, 0) is 86.1 Å². The van der Waals surface area contributed by atoms with Crippen LogP contribution < -0.4 is 24.4 Å². The van der Waals surface area contributed by atoms with Crippen LogP contribution in [0.4, 0.5) is 5.69 Å². The molecule has 0 saturated heterocycles. The third kappa shape index (κ3) is 6.74. The van der Waals surface area contributed by atoms with E-state index in [0.29, 0.717) is 27.5 Å². The molecule has 0 aliphatic carbocycles. The van der Waals surface area contributed by atoms with Gasteiger partial charge in [-0.25, -0.2) is 5.43 Å². The molecule has 0 radical (unpaired) electrons. The van der Waals surface area contributed by atoms with Gasteiger partial charge in [-0.1, -0.05) is 22.0 Å². The number of carbonyl (C=O) groups excluding carboxylic acids is 1. The number of benzene rings is 3. The van der Waals surface area contributed by atoms with Crippen LogP contribution in [0.1, 0.15) is 38.8 Å². The Balaban J connectivity index is 1.08. The third-order valence-electron chi connectivity index (χ3n) is 7.08. The van der Waals surface area contributed by atoms with Gasteiger partial charge in [0, 0.05) is 33.2 Å². The summed E-state index contributed by atoms with van der Waals surface area (Å²) >= 11 is 3.29. The fourth-order valence-electron chi connectivity index (χ4n) is 4.89. The molecule has 5 aromatic rings. The summed E-state index contributed by atoms with van der Waals surface area (Å²) in [6.07, 6.45) is 1.26. The van der Waals surface area contributed by atoms with Crippen molar-refractivity contribution >= 4 is 33.7 Å². The van der Waals surface area contributed by atoms with Crippen LogP contribution >= 0.6 is 15.9 Å². The van der Waals surface area contributed by atoms with E-state index in [1.54, 1.807) is 30.3 Å². The third-order valence-corrected chi connectivity index (χ3v) is 7.54. The van der Waals surface area contributed by atoms with E-state index in [0.717, 1.165) is 22.6 Å². The number of hydrogen-bond donors (Lipinski definition) is 1. The molecule has 0 saturated carbocycles. The molecule has 0 spiro atoms. The Labute approximate surface area is 271 Å². The van der Waals surface area contributed by atoms with E-state index in [2.05, 4.69) is 57.0 Å². The lowest BCUT2D eigenvalue weighted by Crippen LogP contribution is -2.17. The molecule has 1 aliphatic heterocycles. The molecule has 46 heavy (non-hydrogen) atoms. The van der Waals surface area contributed by atoms with Gasteiger partial charge < -0.3 is 27.9 Å². The van der Waals surface area contributed by atoms with E-state index in [4.69, 9.17) is 23.4 Å². The van der Waals surface area contributed by atoms with Gasteiger partial charge in [-0.3, -0.25) is 14.9 Å². The van der Waals surface area contributed by atoms with Crippen molar-refractivity contribution < 1.29 is 33.1 Å². The van der Waals surface area contributed by atoms with E-state index in [9.17, 15) is 14.9 Å². The number of nitrogens with one attached hydrogen (secondary N) is 1. The van der Waals surface area contributed by atoms with Crippen molar-refractivity contribution in [2.75, 3.05) is 6.79 Å². The molecular formula is C33H27BrN4O8. The predicted octanol–water partition coefficient (Wildman–Crippen LogP) is 7.01. The minimum absolute atomic E-state index is 0.0141. The zero-order valence-corrected chi connectivity index (χ0v) is 26.3. The highest BCUT2D eigenvalue weighted by Crippen LogP contribution is 2.36. The zero-order chi connectivity index (χ0) is 32.2. The summed E-state index contributed by atoms with van der Waals surface area (Å²) in [6.45, 7) is 4.36. The lowest BCUT2D eigenvalue weighted by atomic mass is 10.1. The Bertz CT molecular complexity index is 1930. The molecule has 0 atom stereocenters. The summed E-state index contributed by atoms with van der Waals surface area (Å²) in [6, 6.07) is 23.2. The lowest BCUT2D eigenvalue weighted by Gasteiger charge is -2.11. The number of ether oxygens (including phenoxy) is 4. The highest BCUT2D eigenvalue weighted by molar-refractivity contribution is 9.10. The van der Waals surface area contributed by atoms with Crippen molar-refractivity contribution in [3.8, 4) is 28.7 Å². The van der Waals surface area contributed by atoms with Crippen LogP contribution in [0.15, 0.2) is 92.9 Å². The van der Waals surface area contributed by atoms with Gasteiger partial charge in [0.05, 0.1) is 11.1 Å². The number of amides is 1. The van der Waals surface area contributed by atoms with Crippen LogP contribution in [0.5, 0.6) is 23.0 Å². The maximum atomic E-state index is 12.7. The first-order valence-electron chi connectivity index (χ1n) is 14.0. The molecule has 12 nitrogen and oxygen atoms in total. The van der Waals surface area contributed by atoms with E-state index in [1.807, 2.05) is 24.3 Å². The monoisotopic (exact) mass is 686 g/mol. The number of aromatic nitrogens is 1. The second kappa shape index (κ2) is 13.2. The van der Waals surface area contributed by atoms with E-state index in [1.165, 1.54) is 18.3 Å². The second-order valence-electron chi connectivity index (χ2n) is 10.3. The van der Waals surface area contributed by atoms with Crippen LogP contribution in [0.2, 0.25) is 0 Å². The van der Waals surface area contributed by atoms with Crippen LogP contribution in [0.3, 0.4) is 0 Å². The molecule has 0 unspecified atom stereocenters. The number of nitrogens with zero attached hydrogens (tertiary/aromatic N) is 3. The number of hydrazone groups is 1. The normalized spacial score (nSPS) is 12.0. The summed E-state index contributed by atoms with van der Waals surface area (Å²) in [7, 11) is 0. The Hall–Kier alpha value is -5.56. The largest absolute Gasteiger partial charge is 0.486 e. The number of nitro groups is 1. The number of fused-ring (bicyclic) bond motifs is 1. The van der Waals surface area contributed by atoms with Crippen molar-refractivity contribution in [2.24, 2.45) is 5.10 Å². The molecule has 0 bridgehead atoms. The number of furan rings is 1. The second-order valence-corrected chi connectivity index (χ2v) is 11.2. The SMILES string of the molecule is Cc1ccc(C)n1-c1ccc(OCc2ccc(C(=O)N/N=C/c3cc(Br)cc([N+](=O)[O-])c3OCc3ccc4c(c3)OCO4)o2)cc1. The highest BCUT2D eigenvalue weighted by Gasteiger charge is 2.22. The Morgan fingerprint density at radius 1 is 0.978 bits per heavy atom. The molecule has 3 aromatic carbocycles. The topological polar surface area (TPSA) is 140 Å². The van der Waals surface area contributed by atoms with E-state index >= 15 is 0 Å². The highest BCUT2D eigenvalue weighted by atomic mass is 79.9. The van der Waals surface area contributed by atoms with Gasteiger partial charge in [0.2, 0.25) is 12.5 Å². The quantitative estimate of drug-likeness (QED) is 0.0889. The standard InChI is InChI=1S/C33H27BrN4O8/c1-20-3-4-21(2)37(20)25-6-8-26(9-7-25)42-18-27-10-12-30(46-27)33(39)36-35-16-23-14-24(34)15-28(38(40)41)32(23)43-17-22-5-11-29-31(13-22)45-19-44-29/h3-16H,17-19H2,1-2H3,(H,36,39)/b35-16+. The molecule has 2 aromatic heterocycles. The van der Waals surface area contributed by atoms with Gasteiger partial charge in [0.15, 0.2) is 17.3 Å². The fourth-order valence-corrected chi connectivity index (χ4v) is 5.35. The van der Waals surface area contributed by atoms with Crippen LogP contribution in [0, 0.1) is 24.0 Å². The van der Waals surface area contributed by atoms with E-state index in [-0.39, 0.29) is 42.8 Å². The van der Waals surface area contributed by atoms with Crippen molar-refractivity contribution in [1.29, 1.82) is 0 Å². The Kier molecular flexibility index (Phi) is 8.74. The van der Waals surface area contributed by atoms with Crippen molar-refractivity contribution in [3.05, 3.63) is 127 Å². The maximum absolute atomic E-state index is 12.7. The van der Waals surface area contributed by atoms with Gasteiger partial charge in [0.1, 0.15) is 24.7 Å². The van der Waals surface area contributed by atoms with Crippen LogP contribution in [-0.2, 0) is 13.2 Å². The van der Waals surface area contributed by atoms with Gasteiger partial charge >= 0.3 is 11.6 Å². The summed E-state index contributed by atoms with van der Waals surface area (Å²) in [5, 5.41) is 15.8. The number of halogens is 1. The average molecular weight is 688 g/mol. The molecule has 234 valence electrons. The number of carbonyl (C=O) groups is 1. The Morgan fingerprint density at radius 3 is 2.50 bits per heavy atom.